The van der Waals surface area contributed by atoms with Crippen molar-refractivity contribution in [2.75, 3.05) is 19.0 Å². The van der Waals surface area contributed by atoms with E-state index in [1.54, 1.807) is 13.3 Å². The second-order valence-electron chi connectivity index (χ2n) is 6.87. The molecule has 3 N–H and O–H groups in total. The molecular formula is C22H29N3O4. The maximum Gasteiger partial charge on any atom is 0.302 e. The lowest BCUT2D eigenvalue weighted by atomic mass is 10.0. The van der Waals surface area contributed by atoms with Crippen molar-refractivity contribution in [2.24, 2.45) is 10.9 Å². The largest absolute Gasteiger partial charge is 0.491 e. The molecule has 2 rings (SSSR count). The molecule has 0 radical (unpaired) electrons. The summed E-state index contributed by atoms with van der Waals surface area (Å²) in [5.74, 6) is 5.64. The molecule has 0 spiro atoms. The fraction of sp³-hybridized carbons (Fsp3) is 0.364. The number of rotatable bonds is 10. The number of nitrogens with two attached hydrogens (primary N) is 1. The zero-order valence-electron chi connectivity index (χ0n) is 17.3. The SMILES string of the molecule is COCc1cc(C(COC(C)=O)Nc2ccc(C=NN)cc2)ccc1OC(C)C. The molecule has 2 aromatic rings. The Balaban J connectivity index is 2.30. The molecule has 0 heterocycles. The van der Waals surface area contributed by atoms with Crippen LogP contribution in [-0.2, 0) is 20.9 Å². The van der Waals surface area contributed by atoms with Crippen LogP contribution in [0.3, 0.4) is 0 Å². The van der Waals surface area contributed by atoms with Gasteiger partial charge in [-0.15, -0.1) is 0 Å². The number of ether oxygens (including phenoxy) is 3. The Morgan fingerprint density at radius 2 is 1.93 bits per heavy atom. The summed E-state index contributed by atoms with van der Waals surface area (Å²) in [6.45, 7) is 5.97. The third kappa shape index (κ3) is 7.12. The van der Waals surface area contributed by atoms with Crippen LogP contribution in [0.5, 0.6) is 5.75 Å². The molecule has 156 valence electrons. The minimum absolute atomic E-state index is 0.0574. The monoisotopic (exact) mass is 399 g/mol. The van der Waals surface area contributed by atoms with Crippen molar-refractivity contribution >= 4 is 17.9 Å². The van der Waals surface area contributed by atoms with Crippen LogP contribution >= 0.6 is 0 Å². The molecule has 1 unspecified atom stereocenters. The van der Waals surface area contributed by atoms with Gasteiger partial charge in [0.1, 0.15) is 12.4 Å². The lowest BCUT2D eigenvalue weighted by molar-refractivity contribution is -0.141. The molecule has 29 heavy (non-hydrogen) atoms. The van der Waals surface area contributed by atoms with E-state index < -0.39 is 0 Å². The van der Waals surface area contributed by atoms with Crippen LogP contribution in [0, 0.1) is 0 Å². The number of hydrazone groups is 1. The van der Waals surface area contributed by atoms with Gasteiger partial charge in [0.2, 0.25) is 0 Å². The van der Waals surface area contributed by atoms with Gasteiger partial charge in [0.05, 0.1) is 25.0 Å². The standard InChI is InChI=1S/C22H29N3O4/c1-15(2)29-22-10-7-18(11-19(22)13-27-4)21(14-28-16(3)26)25-20-8-5-17(6-9-20)12-24-23/h5-12,15,21,25H,13-14,23H2,1-4H3. The molecule has 0 saturated carbocycles. The van der Waals surface area contributed by atoms with Crippen LogP contribution in [0.2, 0.25) is 0 Å². The molecule has 0 aliphatic heterocycles. The fourth-order valence-corrected chi connectivity index (χ4v) is 2.83. The zero-order valence-corrected chi connectivity index (χ0v) is 17.3. The first-order chi connectivity index (χ1) is 13.9. The average Bonchev–Trinajstić information content (AvgIpc) is 2.68. The molecule has 0 aliphatic carbocycles. The summed E-state index contributed by atoms with van der Waals surface area (Å²) in [4.78, 5) is 11.4. The van der Waals surface area contributed by atoms with Gasteiger partial charge in [0.15, 0.2) is 0 Å². The number of benzene rings is 2. The molecular weight excluding hydrogens is 370 g/mol. The smallest absolute Gasteiger partial charge is 0.302 e. The van der Waals surface area contributed by atoms with E-state index in [0.29, 0.717) is 6.61 Å². The molecule has 1 atom stereocenters. The molecule has 0 aliphatic rings. The van der Waals surface area contributed by atoms with Gasteiger partial charge in [-0.2, -0.15) is 5.10 Å². The highest BCUT2D eigenvalue weighted by Crippen LogP contribution is 2.28. The lowest BCUT2D eigenvalue weighted by Gasteiger charge is -2.22. The topological polar surface area (TPSA) is 95.2 Å². The maximum atomic E-state index is 11.4. The number of hydrogen-bond donors (Lipinski definition) is 2. The first-order valence-corrected chi connectivity index (χ1v) is 9.44. The Labute approximate surface area is 171 Å². The van der Waals surface area contributed by atoms with Crippen molar-refractivity contribution in [3.05, 3.63) is 59.2 Å². The summed E-state index contributed by atoms with van der Waals surface area (Å²) in [7, 11) is 1.65. The van der Waals surface area contributed by atoms with Crippen LogP contribution in [0.15, 0.2) is 47.6 Å². The number of nitrogens with one attached hydrogen (secondary N) is 1. The third-order valence-corrected chi connectivity index (χ3v) is 4.08. The van der Waals surface area contributed by atoms with Crippen molar-refractivity contribution in [1.82, 2.24) is 0 Å². The van der Waals surface area contributed by atoms with E-state index >= 15 is 0 Å². The molecule has 0 bridgehead atoms. The molecule has 0 aromatic heterocycles. The number of methoxy groups -OCH3 is 1. The second kappa shape index (κ2) is 11.1. The van der Waals surface area contributed by atoms with Gasteiger partial charge in [-0.05, 0) is 49.2 Å². The van der Waals surface area contributed by atoms with Crippen molar-refractivity contribution in [1.29, 1.82) is 0 Å². The molecule has 0 saturated heterocycles. The highest BCUT2D eigenvalue weighted by molar-refractivity contribution is 5.80. The normalized spacial score (nSPS) is 12.2. The van der Waals surface area contributed by atoms with Gasteiger partial charge in [-0.1, -0.05) is 18.2 Å². The number of carbonyl (C=O) groups excluding carboxylic acids is 1. The van der Waals surface area contributed by atoms with E-state index in [1.807, 2.05) is 56.3 Å². The van der Waals surface area contributed by atoms with Gasteiger partial charge in [0.25, 0.3) is 0 Å². The highest BCUT2D eigenvalue weighted by Gasteiger charge is 2.16. The Morgan fingerprint density at radius 3 is 2.52 bits per heavy atom. The summed E-state index contributed by atoms with van der Waals surface area (Å²) in [6, 6.07) is 13.3. The van der Waals surface area contributed by atoms with Gasteiger partial charge < -0.3 is 25.4 Å². The lowest BCUT2D eigenvalue weighted by Crippen LogP contribution is -2.19. The number of carbonyl (C=O) groups is 1. The second-order valence-corrected chi connectivity index (χ2v) is 6.87. The van der Waals surface area contributed by atoms with Gasteiger partial charge in [-0.25, -0.2) is 0 Å². The predicted octanol–water partition coefficient (Wildman–Crippen LogP) is 3.63. The summed E-state index contributed by atoms with van der Waals surface area (Å²) in [5, 5.41) is 6.94. The fourth-order valence-electron chi connectivity index (χ4n) is 2.83. The Morgan fingerprint density at radius 1 is 1.21 bits per heavy atom. The summed E-state index contributed by atoms with van der Waals surface area (Å²) < 4.78 is 16.5. The average molecular weight is 399 g/mol. The van der Waals surface area contributed by atoms with Crippen molar-refractivity contribution in [3.8, 4) is 5.75 Å². The maximum absolute atomic E-state index is 11.4. The van der Waals surface area contributed by atoms with E-state index in [-0.39, 0.29) is 24.7 Å². The van der Waals surface area contributed by atoms with Crippen LogP contribution in [0.25, 0.3) is 0 Å². The van der Waals surface area contributed by atoms with Crippen LogP contribution < -0.4 is 15.9 Å². The molecule has 0 fully saturated rings. The van der Waals surface area contributed by atoms with Gasteiger partial charge in [0, 0.05) is 25.3 Å². The van der Waals surface area contributed by atoms with E-state index in [9.17, 15) is 4.79 Å². The molecule has 7 heteroatoms. The Hall–Kier alpha value is -3.06. The van der Waals surface area contributed by atoms with Gasteiger partial charge >= 0.3 is 5.97 Å². The Kier molecular flexibility index (Phi) is 8.48. The minimum atomic E-state index is -0.330. The number of nitrogens with zero attached hydrogens (tertiary/aromatic N) is 1. The van der Waals surface area contributed by atoms with E-state index in [0.717, 1.165) is 28.1 Å². The number of anilines is 1. The minimum Gasteiger partial charge on any atom is -0.491 e. The third-order valence-electron chi connectivity index (χ3n) is 4.08. The predicted molar refractivity (Wildman–Crippen MR) is 114 cm³/mol. The van der Waals surface area contributed by atoms with E-state index in [4.69, 9.17) is 20.1 Å². The molecule has 0 amide bonds. The first-order valence-electron chi connectivity index (χ1n) is 9.44. The summed E-state index contributed by atoms with van der Waals surface area (Å²) in [5.41, 5.74) is 3.67. The Bertz CT molecular complexity index is 819. The zero-order chi connectivity index (χ0) is 21.2. The molecule has 7 nitrogen and oxygen atoms in total. The number of esters is 1. The summed E-state index contributed by atoms with van der Waals surface area (Å²) in [6.07, 6.45) is 1.63. The number of hydrogen-bond acceptors (Lipinski definition) is 7. The summed E-state index contributed by atoms with van der Waals surface area (Å²) >= 11 is 0. The quantitative estimate of drug-likeness (QED) is 0.274. The van der Waals surface area contributed by atoms with Crippen LogP contribution in [-0.4, -0.2) is 32.0 Å². The van der Waals surface area contributed by atoms with Crippen molar-refractivity contribution in [3.63, 3.8) is 0 Å². The van der Waals surface area contributed by atoms with E-state index in [2.05, 4.69) is 10.4 Å². The van der Waals surface area contributed by atoms with E-state index in [1.165, 1.54) is 6.92 Å². The van der Waals surface area contributed by atoms with Crippen molar-refractivity contribution < 1.29 is 19.0 Å². The van der Waals surface area contributed by atoms with Gasteiger partial charge in [-0.3, -0.25) is 4.79 Å². The molecule has 2 aromatic carbocycles. The van der Waals surface area contributed by atoms with Crippen molar-refractivity contribution in [2.45, 2.75) is 39.5 Å². The highest BCUT2D eigenvalue weighted by atomic mass is 16.5. The van der Waals surface area contributed by atoms with Crippen LogP contribution in [0.4, 0.5) is 5.69 Å². The first kappa shape index (κ1) is 22.2. The van der Waals surface area contributed by atoms with Crippen LogP contribution in [0.1, 0.15) is 43.5 Å².